The quantitative estimate of drug-likeness (QED) is 0.572. The fourth-order valence-electron chi connectivity index (χ4n) is 2.98. The van der Waals surface area contributed by atoms with Crippen LogP contribution in [0.2, 0.25) is 0 Å². The van der Waals surface area contributed by atoms with E-state index in [1.165, 1.54) is 5.57 Å². The third kappa shape index (κ3) is 0.723. The minimum absolute atomic E-state index is 0.0434. The smallest absolute Gasteiger partial charge is 0.0648 e. The Kier molecular flexibility index (Phi) is 1.61. The van der Waals surface area contributed by atoms with E-state index in [0.29, 0.717) is 0 Å². The van der Waals surface area contributed by atoms with Crippen molar-refractivity contribution in [2.75, 3.05) is 6.61 Å². The first-order valence-electron chi connectivity index (χ1n) is 4.57. The second-order valence-electron chi connectivity index (χ2n) is 4.42. The largest absolute Gasteiger partial charge is 0.396 e. The molecule has 2 nitrogen and oxygen atoms in total. The fraction of sp³-hybridized carbons (Fsp3) is 0.800. The van der Waals surface area contributed by atoms with Gasteiger partial charge in [-0.15, -0.1) is 0 Å². The summed E-state index contributed by atoms with van der Waals surface area (Å²) in [7, 11) is 0. The maximum Gasteiger partial charge on any atom is 0.0648 e. The monoisotopic (exact) mass is 168 g/mol. The number of fused-ring (bicyclic) bond motifs is 1. The summed E-state index contributed by atoms with van der Waals surface area (Å²) in [4.78, 5) is 0. The summed E-state index contributed by atoms with van der Waals surface area (Å²) in [6.07, 6.45) is 2.92. The van der Waals surface area contributed by atoms with E-state index in [1.54, 1.807) is 0 Å². The minimum atomic E-state index is -0.202. The first kappa shape index (κ1) is 8.27. The van der Waals surface area contributed by atoms with Gasteiger partial charge in [-0.05, 0) is 19.3 Å². The van der Waals surface area contributed by atoms with E-state index in [2.05, 4.69) is 19.9 Å². The van der Waals surface area contributed by atoms with Crippen LogP contribution < -0.4 is 0 Å². The van der Waals surface area contributed by atoms with Crippen molar-refractivity contribution in [2.24, 2.45) is 17.3 Å². The zero-order valence-corrected chi connectivity index (χ0v) is 7.62. The molecule has 0 aliphatic heterocycles. The molecule has 0 saturated heterocycles. The molecule has 0 spiro atoms. The lowest BCUT2D eigenvalue weighted by Gasteiger charge is -2.60. The molecule has 0 radical (unpaired) electrons. The molecule has 2 N–H and O–H groups in total. The van der Waals surface area contributed by atoms with E-state index in [9.17, 15) is 10.2 Å². The van der Waals surface area contributed by atoms with Gasteiger partial charge >= 0.3 is 0 Å². The number of aliphatic hydroxyl groups excluding tert-OH is 2. The molecule has 3 aliphatic carbocycles. The van der Waals surface area contributed by atoms with Crippen LogP contribution in [0, 0.1) is 17.3 Å². The third-order valence-corrected chi connectivity index (χ3v) is 3.84. The maximum atomic E-state index is 9.71. The predicted octanol–water partition coefficient (Wildman–Crippen LogP) is 0.942. The molecular formula is C10H16O2. The number of rotatable bonds is 1. The highest BCUT2D eigenvalue weighted by Crippen LogP contribution is 2.58. The summed E-state index contributed by atoms with van der Waals surface area (Å²) < 4.78 is 0. The molecule has 68 valence electrons. The Morgan fingerprint density at radius 3 is 2.67 bits per heavy atom. The third-order valence-electron chi connectivity index (χ3n) is 3.84. The summed E-state index contributed by atoms with van der Waals surface area (Å²) in [6, 6.07) is 0. The van der Waals surface area contributed by atoms with Crippen LogP contribution in [0.3, 0.4) is 0 Å². The van der Waals surface area contributed by atoms with Crippen molar-refractivity contribution >= 4 is 0 Å². The van der Waals surface area contributed by atoms with Gasteiger partial charge in [-0.3, -0.25) is 0 Å². The molecule has 12 heavy (non-hydrogen) atoms. The second kappa shape index (κ2) is 2.33. The summed E-state index contributed by atoms with van der Waals surface area (Å²) in [5, 5.41) is 19.0. The molecule has 0 aromatic carbocycles. The van der Waals surface area contributed by atoms with E-state index >= 15 is 0 Å². The van der Waals surface area contributed by atoms with Crippen LogP contribution in [0.5, 0.6) is 0 Å². The Morgan fingerprint density at radius 1 is 1.67 bits per heavy atom. The highest BCUT2D eigenvalue weighted by Gasteiger charge is 2.59. The zero-order chi connectivity index (χ0) is 8.93. The Balaban J connectivity index is 2.31. The van der Waals surface area contributed by atoms with Gasteiger partial charge < -0.3 is 10.2 Å². The van der Waals surface area contributed by atoms with Crippen LogP contribution in [-0.4, -0.2) is 22.9 Å². The lowest BCUT2D eigenvalue weighted by Crippen LogP contribution is -2.62. The standard InChI is InChI=1S/C10H16O2/c1-6-3-4-7-9(12)8(6)10(7,2)5-11/h3,7-9,11-12H,4-5H2,1-2H3. The molecule has 1 fully saturated rings. The first-order chi connectivity index (χ1) is 5.61. The molecule has 2 heteroatoms. The van der Waals surface area contributed by atoms with Crippen LogP contribution in [0.25, 0.3) is 0 Å². The van der Waals surface area contributed by atoms with Gasteiger partial charge in [0.25, 0.3) is 0 Å². The lowest BCUT2D eigenvalue weighted by molar-refractivity contribution is -0.174. The van der Waals surface area contributed by atoms with Crippen molar-refractivity contribution in [3.05, 3.63) is 11.6 Å². The van der Waals surface area contributed by atoms with Crippen molar-refractivity contribution < 1.29 is 10.2 Å². The van der Waals surface area contributed by atoms with Crippen molar-refractivity contribution in [3.8, 4) is 0 Å². The van der Waals surface area contributed by atoms with Crippen molar-refractivity contribution in [3.63, 3.8) is 0 Å². The van der Waals surface area contributed by atoms with E-state index in [1.807, 2.05) is 0 Å². The molecule has 3 aliphatic rings. The van der Waals surface area contributed by atoms with Gasteiger partial charge in [0.2, 0.25) is 0 Å². The van der Waals surface area contributed by atoms with Gasteiger partial charge in [-0.1, -0.05) is 18.6 Å². The molecule has 0 aromatic rings. The van der Waals surface area contributed by atoms with Gasteiger partial charge in [0, 0.05) is 17.9 Å². The van der Waals surface area contributed by atoms with Gasteiger partial charge in [0.15, 0.2) is 0 Å². The lowest BCUT2D eigenvalue weighted by atomic mass is 9.46. The Morgan fingerprint density at radius 2 is 2.33 bits per heavy atom. The fourth-order valence-corrected chi connectivity index (χ4v) is 2.98. The van der Waals surface area contributed by atoms with Crippen molar-refractivity contribution in [2.45, 2.75) is 26.4 Å². The second-order valence-corrected chi connectivity index (χ2v) is 4.42. The van der Waals surface area contributed by atoms with Crippen LogP contribution in [0.1, 0.15) is 20.3 Å². The topological polar surface area (TPSA) is 40.5 Å². The molecule has 3 rings (SSSR count). The van der Waals surface area contributed by atoms with Crippen molar-refractivity contribution in [1.82, 2.24) is 0 Å². The average Bonchev–Trinajstić information content (AvgIpc) is 2.04. The Bertz CT molecular complexity index is 234. The van der Waals surface area contributed by atoms with E-state index in [0.717, 1.165) is 6.42 Å². The number of hydrogen-bond acceptors (Lipinski definition) is 2. The molecule has 2 bridgehead atoms. The molecule has 0 heterocycles. The zero-order valence-electron chi connectivity index (χ0n) is 7.62. The molecule has 4 atom stereocenters. The van der Waals surface area contributed by atoms with Crippen LogP contribution in [0.15, 0.2) is 11.6 Å². The predicted molar refractivity (Wildman–Crippen MR) is 46.6 cm³/mol. The molecule has 1 saturated carbocycles. The number of hydrogen-bond donors (Lipinski definition) is 2. The Labute approximate surface area is 72.9 Å². The summed E-state index contributed by atoms with van der Waals surface area (Å²) in [6.45, 7) is 4.33. The van der Waals surface area contributed by atoms with Gasteiger partial charge in [0.1, 0.15) is 0 Å². The normalized spacial score (nSPS) is 51.3. The highest BCUT2D eigenvalue weighted by atomic mass is 16.3. The SMILES string of the molecule is CC1=CCC2C(O)C1C2(C)CO. The average molecular weight is 168 g/mol. The van der Waals surface area contributed by atoms with E-state index < -0.39 is 0 Å². The van der Waals surface area contributed by atoms with Crippen molar-refractivity contribution in [1.29, 1.82) is 0 Å². The molecule has 0 aromatic heterocycles. The summed E-state index contributed by atoms with van der Waals surface area (Å²) in [5.74, 6) is 0.498. The van der Waals surface area contributed by atoms with Crippen LogP contribution >= 0.6 is 0 Å². The highest BCUT2D eigenvalue weighted by molar-refractivity contribution is 5.26. The van der Waals surface area contributed by atoms with Gasteiger partial charge in [-0.2, -0.15) is 0 Å². The molecular weight excluding hydrogens is 152 g/mol. The first-order valence-corrected chi connectivity index (χ1v) is 4.57. The number of allylic oxidation sites excluding steroid dienone is 1. The van der Waals surface area contributed by atoms with Gasteiger partial charge in [-0.25, -0.2) is 0 Å². The van der Waals surface area contributed by atoms with Crippen LogP contribution in [-0.2, 0) is 0 Å². The number of aliphatic hydroxyl groups is 2. The summed E-state index contributed by atoms with van der Waals surface area (Å²) >= 11 is 0. The minimum Gasteiger partial charge on any atom is -0.396 e. The summed E-state index contributed by atoms with van der Waals surface area (Å²) in [5.41, 5.74) is 1.21. The molecule has 0 amide bonds. The molecule has 4 unspecified atom stereocenters. The maximum absolute atomic E-state index is 9.71. The van der Waals surface area contributed by atoms with E-state index in [-0.39, 0.29) is 30.0 Å². The van der Waals surface area contributed by atoms with E-state index in [4.69, 9.17) is 0 Å². The Hall–Kier alpha value is -0.340. The van der Waals surface area contributed by atoms with Crippen LogP contribution in [0.4, 0.5) is 0 Å². The van der Waals surface area contributed by atoms with Gasteiger partial charge in [0.05, 0.1) is 6.10 Å².